The molecule has 1 aliphatic carbocycles. The van der Waals surface area contributed by atoms with Crippen molar-refractivity contribution in [2.75, 3.05) is 5.32 Å². The third-order valence-electron chi connectivity index (χ3n) is 7.98. The van der Waals surface area contributed by atoms with Crippen LogP contribution in [-0.4, -0.2) is 33.3 Å². The molecule has 6 rings (SSSR count). The average molecular weight is 547 g/mol. The second-order valence-electron chi connectivity index (χ2n) is 10.6. The maximum absolute atomic E-state index is 13.5. The summed E-state index contributed by atoms with van der Waals surface area (Å²) in [5.74, 6) is -0.481. The molecule has 0 radical (unpaired) electrons. The molecule has 1 fully saturated rings. The van der Waals surface area contributed by atoms with Gasteiger partial charge in [-0.15, -0.1) is 0 Å². The minimum atomic E-state index is -4.55. The van der Waals surface area contributed by atoms with Gasteiger partial charge in [-0.3, -0.25) is 9.59 Å². The molecule has 0 spiro atoms. The Hall–Kier alpha value is -4.14. The Bertz CT molecular complexity index is 1560. The number of rotatable bonds is 6. The van der Waals surface area contributed by atoms with Crippen LogP contribution in [0.4, 0.5) is 18.9 Å². The smallest absolute Gasteiger partial charge is 0.382 e. The zero-order chi connectivity index (χ0) is 27.9. The molecular weight excluding hydrogens is 517 g/mol. The summed E-state index contributed by atoms with van der Waals surface area (Å²) < 4.78 is 42.5. The number of benzene rings is 2. The van der Waals surface area contributed by atoms with Crippen LogP contribution in [0, 0.1) is 0 Å². The first-order valence-electron chi connectivity index (χ1n) is 13.6. The Kier molecular flexibility index (Phi) is 6.82. The highest BCUT2D eigenvalue weighted by Gasteiger charge is 2.35. The first kappa shape index (κ1) is 26.1. The van der Waals surface area contributed by atoms with Gasteiger partial charge in [0.25, 0.3) is 0 Å². The van der Waals surface area contributed by atoms with Crippen LogP contribution in [0.3, 0.4) is 0 Å². The number of ketones is 1. The van der Waals surface area contributed by atoms with Crippen molar-refractivity contribution in [2.24, 2.45) is 0 Å². The van der Waals surface area contributed by atoms with Crippen molar-refractivity contribution in [1.82, 2.24) is 14.9 Å². The third kappa shape index (κ3) is 5.08. The van der Waals surface area contributed by atoms with Gasteiger partial charge in [0.05, 0.1) is 17.1 Å². The molecule has 3 heterocycles. The normalized spacial score (nSPS) is 20.7. The largest absolute Gasteiger partial charge is 0.433 e. The zero-order valence-electron chi connectivity index (χ0n) is 21.7. The van der Waals surface area contributed by atoms with Crippen molar-refractivity contribution < 1.29 is 22.8 Å². The van der Waals surface area contributed by atoms with Gasteiger partial charge < -0.3 is 15.2 Å². The molecule has 2 N–H and O–H groups in total. The molecule has 206 valence electrons. The Balaban J connectivity index is 1.14. The number of nitrogens with zero attached hydrogens (tertiary/aromatic N) is 2. The quantitative estimate of drug-likeness (QED) is 0.278. The zero-order valence-corrected chi connectivity index (χ0v) is 21.7. The molecule has 0 saturated heterocycles. The van der Waals surface area contributed by atoms with E-state index in [4.69, 9.17) is 0 Å². The lowest BCUT2D eigenvalue weighted by atomic mass is 9.90. The van der Waals surface area contributed by atoms with Crippen LogP contribution in [0.5, 0.6) is 0 Å². The van der Waals surface area contributed by atoms with Gasteiger partial charge in [0.2, 0.25) is 11.7 Å². The fourth-order valence-corrected chi connectivity index (χ4v) is 6.06. The molecule has 9 heteroatoms. The first-order chi connectivity index (χ1) is 19.3. The van der Waals surface area contributed by atoms with Gasteiger partial charge in [-0.25, -0.2) is 4.98 Å². The van der Waals surface area contributed by atoms with E-state index in [9.17, 15) is 22.8 Å². The van der Waals surface area contributed by atoms with Crippen LogP contribution in [0.15, 0.2) is 72.8 Å². The number of carbonyl (C=O) groups is 2. The Morgan fingerprint density at radius 3 is 2.45 bits per heavy atom. The Labute approximate surface area is 229 Å². The molecular formula is C31H29F3N4O2. The molecule has 2 aromatic heterocycles. The van der Waals surface area contributed by atoms with Crippen molar-refractivity contribution >= 4 is 28.3 Å². The van der Waals surface area contributed by atoms with Crippen LogP contribution < -0.4 is 10.6 Å². The van der Waals surface area contributed by atoms with Gasteiger partial charge in [-0.1, -0.05) is 48.5 Å². The highest BCUT2D eigenvalue weighted by Crippen LogP contribution is 2.35. The Morgan fingerprint density at radius 2 is 1.65 bits per heavy atom. The highest BCUT2D eigenvalue weighted by atomic mass is 19.4. The molecule has 40 heavy (non-hydrogen) atoms. The summed E-state index contributed by atoms with van der Waals surface area (Å²) in [6, 6.07) is 20.4. The van der Waals surface area contributed by atoms with Gasteiger partial charge in [0, 0.05) is 41.0 Å². The molecule has 2 aliphatic rings. The first-order valence-corrected chi connectivity index (χ1v) is 13.6. The number of amides is 1. The molecule has 3 atom stereocenters. The molecule has 1 saturated carbocycles. The molecule has 2 aromatic carbocycles. The summed E-state index contributed by atoms with van der Waals surface area (Å²) in [5, 5.41) is 7.15. The number of halogens is 3. The lowest BCUT2D eigenvalue weighted by Crippen LogP contribution is -2.43. The average Bonchev–Trinajstić information content (AvgIpc) is 3.55. The summed E-state index contributed by atoms with van der Waals surface area (Å²) in [4.78, 5) is 30.2. The Morgan fingerprint density at radius 1 is 0.900 bits per heavy atom. The van der Waals surface area contributed by atoms with E-state index in [2.05, 4.69) is 15.6 Å². The van der Waals surface area contributed by atoms with E-state index in [1.165, 1.54) is 0 Å². The van der Waals surface area contributed by atoms with Crippen molar-refractivity contribution in [3.63, 3.8) is 0 Å². The van der Waals surface area contributed by atoms with Gasteiger partial charge in [-0.05, 0) is 56.4 Å². The van der Waals surface area contributed by atoms with Crippen LogP contribution in [-0.2, 0) is 17.5 Å². The molecule has 1 unspecified atom stereocenters. The number of para-hydroxylation sites is 1. The molecule has 1 aliphatic heterocycles. The second-order valence-corrected chi connectivity index (χ2v) is 10.6. The van der Waals surface area contributed by atoms with Crippen LogP contribution >= 0.6 is 0 Å². The molecule has 6 nitrogen and oxygen atoms in total. The maximum Gasteiger partial charge on any atom is 0.433 e. The van der Waals surface area contributed by atoms with E-state index in [0.29, 0.717) is 41.7 Å². The summed E-state index contributed by atoms with van der Waals surface area (Å²) >= 11 is 0. The van der Waals surface area contributed by atoms with Crippen LogP contribution in [0.25, 0.3) is 10.9 Å². The second kappa shape index (κ2) is 10.4. The van der Waals surface area contributed by atoms with Crippen molar-refractivity contribution in [2.45, 2.75) is 62.8 Å². The number of hydrogen-bond acceptors (Lipinski definition) is 4. The molecule has 4 aromatic rings. The van der Waals surface area contributed by atoms with E-state index in [0.717, 1.165) is 31.0 Å². The number of hydrogen-bond donors (Lipinski definition) is 2. The van der Waals surface area contributed by atoms with E-state index < -0.39 is 11.9 Å². The van der Waals surface area contributed by atoms with Gasteiger partial charge in [0.15, 0.2) is 0 Å². The molecule has 1 amide bonds. The standard InChI is InChI=1S/C31H29F3N4O2/c32-31(33,34)28-18-25(22-11-4-5-12-24(22)37-28)35-20-9-6-10-21(17-20)36-30(40)23-15-16-38-26(23)13-14-27(38)29(39)19-7-2-1-3-8-19/h1-5,7-8,11-14,18,20-21,23H,6,9-10,15-17H2,(H,35,37)(H,36,40)/t20-,21+,23?/m0/s1. The van der Waals surface area contributed by atoms with Gasteiger partial charge >= 0.3 is 6.18 Å². The third-order valence-corrected chi connectivity index (χ3v) is 7.98. The number of carbonyl (C=O) groups excluding carboxylic acids is 2. The lowest BCUT2D eigenvalue weighted by molar-refractivity contribution is -0.140. The minimum Gasteiger partial charge on any atom is -0.382 e. The van der Waals surface area contributed by atoms with E-state index >= 15 is 0 Å². The number of alkyl halides is 3. The number of pyridine rings is 1. The number of fused-ring (bicyclic) bond motifs is 2. The van der Waals surface area contributed by atoms with Gasteiger partial charge in [0.1, 0.15) is 5.69 Å². The predicted octanol–water partition coefficient (Wildman–Crippen LogP) is 6.31. The summed E-state index contributed by atoms with van der Waals surface area (Å²) in [6.45, 7) is 0.597. The maximum atomic E-state index is 13.5. The van der Waals surface area contributed by atoms with Crippen LogP contribution in [0.2, 0.25) is 0 Å². The fourth-order valence-electron chi connectivity index (χ4n) is 6.06. The van der Waals surface area contributed by atoms with E-state index in [1.54, 1.807) is 42.5 Å². The van der Waals surface area contributed by atoms with Crippen molar-refractivity contribution in [3.05, 3.63) is 95.4 Å². The number of nitrogens with one attached hydrogen (secondary N) is 2. The summed E-state index contributed by atoms with van der Waals surface area (Å²) in [5.41, 5.74) is 1.80. The summed E-state index contributed by atoms with van der Waals surface area (Å²) in [7, 11) is 0. The fraction of sp³-hybridized carbons (Fsp3) is 0.323. The number of anilines is 1. The summed E-state index contributed by atoms with van der Waals surface area (Å²) in [6.07, 6.45) is -0.881. The topological polar surface area (TPSA) is 76.0 Å². The van der Waals surface area contributed by atoms with Crippen molar-refractivity contribution in [3.8, 4) is 0 Å². The van der Waals surface area contributed by atoms with E-state index in [1.807, 2.05) is 28.8 Å². The SMILES string of the molecule is O=C(c1ccccc1)c1ccc2n1CCC2C(=O)N[C@@H]1CCC[C@H](Nc2cc(C(F)(F)F)nc3ccccc23)C1. The highest BCUT2D eigenvalue weighted by molar-refractivity contribution is 6.08. The van der Waals surface area contributed by atoms with Crippen LogP contribution in [0.1, 0.15) is 65.5 Å². The minimum absolute atomic E-state index is 0.0635. The van der Waals surface area contributed by atoms with E-state index in [-0.39, 0.29) is 35.2 Å². The van der Waals surface area contributed by atoms with Crippen molar-refractivity contribution in [1.29, 1.82) is 0 Å². The molecule has 0 bridgehead atoms. The monoisotopic (exact) mass is 546 g/mol. The number of aromatic nitrogens is 2. The van der Waals surface area contributed by atoms with Gasteiger partial charge in [-0.2, -0.15) is 13.2 Å². The predicted molar refractivity (Wildman–Crippen MR) is 146 cm³/mol. The lowest BCUT2D eigenvalue weighted by Gasteiger charge is -2.32.